The number of aliphatic carboxylic acids is 1. The Morgan fingerprint density at radius 3 is 2.37 bits per heavy atom. The molecule has 52 heavy (non-hydrogen) atoms. The molecule has 5 aromatic rings. The predicted molar refractivity (Wildman–Crippen MR) is 204 cm³/mol. The quantitative estimate of drug-likeness (QED) is 0.111. The number of carboxylic acids is 1. The third kappa shape index (κ3) is 7.10. The molecule has 1 aromatic heterocycles. The number of methoxy groups -OCH3 is 1. The van der Waals surface area contributed by atoms with Crippen molar-refractivity contribution in [3.8, 4) is 28.3 Å². The van der Waals surface area contributed by atoms with Crippen LogP contribution in [0.4, 0.5) is 5.69 Å². The van der Waals surface area contributed by atoms with E-state index in [1.54, 1.807) is 7.11 Å². The van der Waals surface area contributed by atoms with E-state index in [4.69, 9.17) is 20.7 Å². The van der Waals surface area contributed by atoms with Crippen molar-refractivity contribution >= 4 is 34.9 Å². The fraction of sp³-hybridized carbons (Fsp3) is 0.326. The van der Waals surface area contributed by atoms with Gasteiger partial charge in [0.25, 0.3) is 0 Å². The van der Waals surface area contributed by atoms with E-state index in [0.717, 1.165) is 80.9 Å². The number of benzene rings is 4. The van der Waals surface area contributed by atoms with Crippen LogP contribution in [0.15, 0.2) is 65.1 Å². The molecule has 0 aliphatic carbocycles. The highest BCUT2D eigenvalue weighted by Gasteiger charge is 2.28. The zero-order valence-electron chi connectivity index (χ0n) is 30.1. The SMILES string of the molecule is [C-]#[N+]c1cc(CN2CC[C@@H](O)C2)cc2nc(-c3cccc(-c4cccc(/C=C/c5cc(OC)c(CN6CC[C@@H](C(=O)O)C6)cc5C)c4C)c3C)oc12. The zero-order valence-corrected chi connectivity index (χ0v) is 30.1. The number of aromatic nitrogens is 1. The Kier molecular flexibility index (Phi) is 9.98. The average molecular weight is 697 g/mol. The lowest BCUT2D eigenvalue weighted by molar-refractivity contribution is -0.141. The Morgan fingerprint density at radius 1 is 0.942 bits per heavy atom. The Morgan fingerprint density at radius 2 is 1.65 bits per heavy atom. The summed E-state index contributed by atoms with van der Waals surface area (Å²) in [6, 6.07) is 20.6. The van der Waals surface area contributed by atoms with Crippen molar-refractivity contribution in [3.05, 3.63) is 111 Å². The van der Waals surface area contributed by atoms with Gasteiger partial charge in [0.1, 0.15) is 5.75 Å². The van der Waals surface area contributed by atoms with Gasteiger partial charge in [0.05, 0.1) is 31.2 Å². The second-order valence-corrected chi connectivity index (χ2v) is 14.2. The number of likely N-dealkylation sites (tertiary alicyclic amines) is 2. The molecule has 7 rings (SSSR count). The highest BCUT2D eigenvalue weighted by molar-refractivity contribution is 5.90. The van der Waals surface area contributed by atoms with E-state index in [2.05, 4.69) is 84.0 Å². The molecular formula is C43H44N4O5. The molecule has 2 N–H and O–H groups in total. The minimum Gasteiger partial charge on any atom is -0.496 e. The van der Waals surface area contributed by atoms with Gasteiger partial charge >= 0.3 is 5.97 Å². The van der Waals surface area contributed by atoms with E-state index in [-0.39, 0.29) is 12.0 Å². The number of hydrogen-bond acceptors (Lipinski definition) is 7. The number of hydrogen-bond donors (Lipinski definition) is 2. The van der Waals surface area contributed by atoms with Gasteiger partial charge in [0.2, 0.25) is 11.6 Å². The number of carbonyl (C=O) groups is 1. The number of oxazole rings is 1. The summed E-state index contributed by atoms with van der Waals surface area (Å²) in [5, 5.41) is 19.4. The minimum atomic E-state index is -0.724. The van der Waals surface area contributed by atoms with Crippen LogP contribution < -0.4 is 4.74 Å². The summed E-state index contributed by atoms with van der Waals surface area (Å²) in [7, 11) is 1.68. The van der Waals surface area contributed by atoms with Crippen molar-refractivity contribution in [3.63, 3.8) is 0 Å². The summed E-state index contributed by atoms with van der Waals surface area (Å²) in [5.41, 5.74) is 12.2. The second-order valence-electron chi connectivity index (χ2n) is 14.2. The normalized spacial score (nSPS) is 18.1. The molecule has 4 aromatic carbocycles. The van der Waals surface area contributed by atoms with E-state index in [1.165, 1.54) is 0 Å². The minimum absolute atomic E-state index is 0.298. The van der Waals surface area contributed by atoms with Gasteiger partial charge in [-0.05, 0) is 109 Å². The number of nitrogens with zero attached hydrogens (tertiary/aromatic N) is 4. The van der Waals surface area contributed by atoms with Gasteiger partial charge < -0.3 is 19.4 Å². The molecule has 9 nitrogen and oxygen atoms in total. The van der Waals surface area contributed by atoms with Crippen LogP contribution in [0.5, 0.6) is 5.75 Å². The number of fused-ring (bicyclic) bond motifs is 1. The van der Waals surface area contributed by atoms with Crippen LogP contribution in [0.2, 0.25) is 0 Å². The molecule has 9 heteroatoms. The lowest BCUT2D eigenvalue weighted by atomic mass is 9.91. The van der Waals surface area contributed by atoms with Crippen LogP contribution in [-0.2, 0) is 17.9 Å². The number of β-amino-alcohol motifs (C(OH)–C–C–N with tert-alkyl or cyclic N) is 1. The molecule has 2 aliphatic rings. The smallest absolute Gasteiger partial charge is 0.307 e. The topological polar surface area (TPSA) is 104 Å². The number of ether oxygens (including phenoxy) is 1. The molecule has 0 amide bonds. The zero-order chi connectivity index (χ0) is 36.5. The molecular weight excluding hydrogens is 652 g/mol. The van der Waals surface area contributed by atoms with E-state index in [1.807, 2.05) is 24.3 Å². The van der Waals surface area contributed by atoms with Gasteiger partial charge in [-0.3, -0.25) is 14.6 Å². The van der Waals surface area contributed by atoms with E-state index in [9.17, 15) is 15.0 Å². The van der Waals surface area contributed by atoms with E-state index < -0.39 is 5.97 Å². The van der Waals surface area contributed by atoms with Crippen molar-refractivity contribution in [1.29, 1.82) is 0 Å². The molecule has 2 fully saturated rings. The fourth-order valence-corrected chi connectivity index (χ4v) is 7.72. The maximum atomic E-state index is 11.5. The van der Waals surface area contributed by atoms with Crippen LogP contribution in [0, 0.1) is 33.3 Å². The number of aliphatic hydroxyl groups is 1. The van der Waals surface area contributed by atoms with Gasteiger partial charge in [0, 0.05) is 43.9 Å². The first-order chi connectivity index (χ1) is 25.1. The average Bonchev–Trinajstić information content (AvgIpc) is 3.88. The first kappa shape index (κ1) is 35.1. The van der Waals surface area contributed by atoms with Gasteiger partial charge in [0.15, 0.2) is 5.58 Å². The second kappa shape index (κ2) is 14.8. The lowest BCUT2D eigenvalue weighted by Gasteiger charge is -2.19. The first-order valence-electron chi connectivity index (χ1n) is 17.8. The Labute approximate surface area is 304 Å². The third-order valence-electron chi connectivity index (χ3n) is 10.7. The molecule has 0 spiro atoms. The van der Waals surface area contributed by atoms with Crippen molar-refractivity contribution < 1.29 is 24.2 Å². The van der Waals surface area contributed by atoms with Crippen molar-refractivity contribution in [1.82, 2.24) is 14.8 Å². The first-order valence-corrected chi connectivity index (χ1v) is 17.8. The van der Waals surface area contributed by atoms with E-state index in [0.29, 0.717) is 55.3 Å². The summed E-state index contributed by atoms with van der Waals surface area (Å²) >= 11 is 0. The van der Waals surface area contributed by atoms with Crippen LogP contribution in [-0.4, -0.2) is 70.4 Å². The van der Waals surface area contributed by atoms with Crippen LogP contribution >= 0.6 is 0 Å². The van der Waals surface area contributed by atoms with E-state index >= 15 is 0 Å². The van der Waals surface area contributed by atoms with Crippen LogP contribution in [0.3, 0.4) is 0 Å². The maximum Gasteiger partial charge on any atom is 0.307 e. The van der Waals surface area contributed by atoms with Gasteiger partial charge in [-0.15, -0.1) is 0 Å². The highest BCUT2D eigenvalue weighted by atomic mass is 16.5. The number of aliphatic hydroxyl groups excluding tert-OH is 1. The van der Waals surface area contributed by atoms with Crippen molar-refractivity contribution in [2.75, 3.05) is 33.3 Å². The monoisotopic (exact) mass is 696 g/mol. The lowest BCUT2D eigenvalue weighted by Crippen LogP contribution is -2.23. The standard InChI is InChI=1S/C43H44N4O5/c1-26-18-33(24-47-16-14-32(23-47)43(49)50)40(51-5)21-31(26)13-12-30-8-6-9-35(27(30)2)36-10-7-11-37(28(36)3)42-45-39-20-29(19-38(44-4)41(39)52-42)22-46-17-15-34(48)25-46/h6-13,18-21,32,34,48H,14-17,22-25H2,1-3,5H3,(H,49,50)/b13-12+/t32-,34-/m1/s1. The molecule has 266 valence electrons. The molecule has 0 radical (unpaired) electrons. The van der Waals surface area contributed by atoms with Gasteiger partial charge in [-0.2, -0.15) is 0 Å². The van der Waals surface area contributed by atoms with Gasteiger partial charge in [-0.25, -0.2) is 9.83 Å². The summed E-state index contributed by atoms with van der Waals surface area (Å²) in [4.78, 5) is 24.5. The largest absolute Gasteiger partial charge is 0.496 e. The summed E-state index contributed by atoms with van der Waals surface area (Å²) in [6.45, 7) is 18.3. The molecule has 2 aliphatic heterocycles. The molecule has 2 atom stereocenters. The molecule has 0 bridgehead atoms. The summed E-state index contributed by atoms with van der Waals surface area (Å²) in [6.07, 6.45) is 5.41. The molecule has 2 saturated heterocycles. The predicted octanol–water partition coefficient (Wildman–Crippen LogP) is 8.29. The molecule has 0 saturated carbocycles. The fourth-order valence-electron chi connectivity index (χ4n) is 7.72. The number of rotatable bonds is 10. The molecule has 3 heterocycles. The third-order valence-corrected chi connectivity index (χ3v) is 10.7. The maximum absolute atomic E-state index is 11.5. The Bertz CT molecular complexity index is 2230. The number of carboxylic acid groups (broad SMARTS) is 1. The Hall–Kier alpha value is -5.27. The summed E-state index contributed by atoms with van der Waals surface area (Å²) < 4.78 is 12.1. The highest BCUT2D eigenvalue weighted by Crippen LogP contribution is 2.38. The number of aryl methyl sites for hydroxylation is 1. The van der Waals surface area contributed by atoms with Crippen molar-refractivity contribution in [2.45, 2.75) is 52.8 Å². The van der Waals surface area contributed by atoms with Crippen molar-refractivity contribution in [2.24, 2.45) is 5.92 Å². The summed E-state index contributed by atoms with van der Waals surface area (Å²) in [5.74, 6) is 0.252. The van der Waals surface area contributed by atoms with Crippen LogP contribution in [0.25, 0.3) is 50.7 Å². The molecule has 0 unspecified atom stereocenters. The Balaban J connectivity index is 1.15. The van der Waals surface area contributed by atoms with Gasteiger partial charge in [-0.1, -0.05) is 48.6 Å². The van der Waals surface area contributed by atoms with Crippen LogP contribution in [0.1, 0.15) is 51.8 Å².